The molecule has 5 heteroatoms. The maximum atomic E-state index is 12.4. The normalized spacial score (nSPS) is 14.3. The number of nitrogens with zero attached hydrogens (tertiary/aromatic N) is 3. The summed E-state index contributed by atoms with van der Waals surface area (Å²) in [4.78, 5) is 18.8. The maximum Gasteiger partial charge on any atom is 0.254 e. The summed E-state index contributed by atoms with van der Waals surface area (Å²) in [6.07, 6.45) is 0.813. The number of amides is 1. The zero-order valence-electron chi connectivity index (χ0n) is 10.6. The van der Waals surface area contributed by atoms with E-state index in [0.717, 1.165) is 34.7 Å². The van der Waals surface area contributed by atoms with Gasteiger partial charge in [0.25, 0.3) is 5.91 Å². The molecule has 0 saturated heterocycles. The van der Waals surface area contributed by atoms with Crippen LogP contribution in [0.3, 0.4) is 0 Å². The Morgan fingerprint density at radius 3 is 2.79 bits per heavy atom. The lowest BCUT2D eigenvalue weighted by molar-refractivity contribution is 0.0730. The summed E-state index contributed by atoms with van der Waals surface area (Å²) in [5.74, 6) is 0.0866. The molecule has 1 amide bonds. The highest BCUT2D eigenvalue weighted by Crippen LogP contribution is 2.23. The van der Waals surface area contributed by atoms with E-state index in [4.69, 9.17) is 0 Å². The lowest BCUT2D eigenvalue weighted by Gasteiger charge is -2.27. The molecular weight excluding hydrogens is 306 g/mol. The highest BCUT2D eigenvalue weighted by Gasteiger charge is 2.25. The molecule has 0 fully saturated rings. The van der Waals surface area contributed by atoms with E-state index in [-0.39, 0.29) is 5.91 Å². The zero-order chi connectivity index (χ0) is 13.4. The van der Waals surface area contributed by atoms with Crippen molar-refractivity contribution in [3.63, 3.8) is 0 Å². The first kappa shape index (κ1) is 12.4. The van der Waals surface area contributed by atoms with Crippen molar-refractivity contribution < 1.29 is 4.79 Å². The molecule has 4 nitrogen and oxygen atoms in total. The highest BCUT2D eigenvalue weighted by molar-refractivity contribution is 9.10. The van der Waals surface area contributed by atoms with Gasteiger partial charge in [0.15, 0.2) is 4.73 Å². The Balaban J connectivity index is 1.86. The van der Waals surface area contributed by atoms with Crippen LogP contribution in [0.15, 0.2) is 35.1 Å². The van der Waals surface area contributed by atoms with E-state index in [1.54, 1.807) is 0 Å². The number of rotatable bonds is 1. The third-order valence-electron chi connectivity index (χ3n) is 3.51. The number of carbonyl (C=O) groups excluding carboxylic acids is 1. The van der Waals surface area contributed by atoms with E-state index in [9.17, 15) is 4.79 Å². The predicted molar refractivity (Wildman–Crippen MR) is 75.8 cm³/mol. The second kappa shape index (κ2) is 4.81. The lowest BCUT2D eigenvalue weighted by Crippen LogP contribution is -2.36. The summed E-state index contributed by atoms with van der Waals surface area (Å²) in [7, 11) is 1.96. The topological polar surface area (TPSA) is 38.1 Å². The fourth-order valence-electron chi connectivity index (χ4n) is 2.39. The summed E-state index contributed by atoms with van der Waals surface area (Å²) in [6, 6.07) is 9.42. The minimum absolute atomic E-state index is 0.0866. The Labute approximate surface area is 120 Å². The fraction of sp³-hybridized carbons (Fsp3) is 0.286. The molecular formula is C14H14BrN3O. The van der Waals surface area contributed by atoms with Crippen LogP contribution in [0.1, 0.15) is 21.7 Å². The SMILES string of the molecule is Cn1c(Br)nc2c1CN(C(=O)c1ccccc1)CC2. The van der Waals surface area contributed by atoms with E-state index >= 15 is 0 Å². The molecule has 0 N–H and O–H groups in total. The van der Waals surface area contributed by atoms with Gasteiger partial charge in [-0.1, -0.05) is 18.2 Å². The summed E-state index contributed by atoms with van der Waals surface area (Å²) in [5.41, 5.74) is 2.95. The number of aromatic nitrogens is 2. The summed E-state index contributed by atoms with van der Waals surface area (Å²) in [5, 5.41) is 0. The molecule has 1 aliphatic rings. The van der Waals surface area contributed by atoms with Crippen molar-refractivity contribution in [2.24, 2.45) is 7.05 Å². The van der Waals surface area contributed by atoms with Crippen LogP contribution < -0.4 is 0 Å². The first-order chi connectivity index (χ1) is 9.16. The van der Waals surface area contributed by atoms with Gasteiger partial charge in [-0.25, -0.2) is 4.98 Å². The highest BCUT2D eigenvalue weighted by atomic mass is 79.9. The molecule has 1 aromatic heterocycles. The van der Waals surface area contributed by atoms with Crippen molar-refractivity contribution in [2.75, 3.05) is 6.54 Å². The van der Waals surface area contributed by atoms with Crippen molar-refractivity contribution in [1.82, 2.24) is 14.5 Å². The summed E-state index contributed by atoms with van der Waals surface area (Å²) < 4.78 is 2.83. The van der Waals surface area contributed by atoms with Crippen LogP contribution in [0.4, 0.5) is 0 Å². The third-order valence-corrected chi connectivity index (χ3v) is 4.22. The third kappa shape index (κ3) is 2.18. The largest absolute Gasteiger partial charge is 0.332 e. The quantitative estimate of drug-likeness (QED) is 0.809. The molecule has 0 saturated carbocycles. The van der Waals surface area contributed by atoms with E-state index in [1.807, 2.05) is 46.8 Å². The minimum atomic E-state index is 0.0866. The monoisotopic (exact) mass is 319 g/mol. The van der Waals surface area contributed by atoms with E-state index < -0.39 is 0 Å². The van der Waals surface area contributed by atoms with Crippen molar-refractivity contribution >= 4 is 21.8 Å². The van der Waals surface area contributed by atoms with Crippen LogP contribution in [0, 0.1) is 0 Å². The van der Waals surface area contributed by atoms with Gasteiger partial charge in [0.05, 0.1) is 17.9 Å². The van der Waals surface area contributed by atoms with Crippen molar-refractivity contribution in [3.8, 4) is 0 Å². The second-order valence-corrected chi connectivity index (χ2v) is 5.39. The average Bonchev–Trinajstić information content (AvgIpc) is 2.74. The van der Waals surface area contributed by atoms with E-state index in [0.29, 0.717) is 6.54 Å². The predicted octanol–water partition coefficient (Wildman–Crippen LogP) is 2.38. The van der Waals surface area contributed by atoms with Crippen LogP contribution in [0.5, 0.6) is 0 Å². The van der Waals surface area contributed by atoms with Crippen LogP contribution in [-0.2, 0) is 20.0 Å². The molecule has 0 spiro atoms. The molecule has 0 aliphatic carbocycles. The number of halogens is 1. The standard InChI is InChI=1S/C14H14BrN3O/c1-17-12-9-18(8-7-11(12)16-14(17)15)13(19)10-5-3-2-4-6-10/h2-6H,7-9H2,1H3. The van der Waals surface area contributed by atoms with Crippen LogP contribution >= 0.6 is 15.9 Å². The number of benzene rings is 1. The average molecular weight is 320 g/mol. The Morgan fingerprint density at radius 1 is 1.32 bits per heavy atom. The van der Waals surface area contributed by atoms with E-state index in [1.165, 1.54) is 0 Å². The van der Waals surface area contributed by atoms with Crippen molar-refractivity contribution in [3.05, 3.63) is 52.0 Å². The fourth-order valence-corrected chi connectivity index (χ4v) is 2.82. The molecule has 1 aliphatic heterocycles. The van der Waals surface area contributed by atoms with Gasteiger partial charge in [-0.15, -0.1) is 0 Å². The molecule has 0 radical (unpaired) electrons. The van der Waals surface area contributed by atoms with Crippen LogP contribution in [0.25, 0.3) is 0 Å². The molecule has 2 aromatic rings. The summed E-state index contributed by atoms with van der Waals surface area (Å²) in [6.45, 7) is 1.35. The molecule has 0 bridgehead atoms. The first-order valence-electron chi connectivity index (χ1n) is 6.21. The Morgan fingerprint density at radius 2 is 2.05 bits per heavy atom. The second-order valence-electron chi connectivity index (χ2n) is 4.68. The number of hydrogen-bond acceptors (Lipinski definition) is 2. The molecule has 0 atom stereocenters. The van der Waals surface area contributed by atoms with Gasteiger partial charge < -0.3 is 9.47 Å². The maximum absolute atomic E-state index is 12.4. The van der Waals surface area contributed by atoms with Gasteiger partial charge in [-0.2, -0.15) is 0 Å². The molecule has 0 unspecified atom stereocenters. The van der Waals surface area contributed by atoms with Gasteiger partial charge in [0.2, 0.25) is 0 Å². The Kier molecular flexibility index (Phi) is 3.14. The van der Waals surface area contributed by atoms with Gasteiger partial charge in [-0.3, -0.25) is 4.79 Å². The molecule has 19 heavy (non-hydrogen) atoms. The molecule has 1 aromatic carbocycles. The first-order valence-corrected chi connectivity index (χ1v) is 7.00. The molecule has 2 heterocycles. The number of fused-ring (bicyclic) bond motifs is 1. The van der Waals surface area contributed by atoms with E-state index in [2.05, 4.69) is 20.9 Å². The van der Waals surface area contributed by atoms with Gasteiger partial charge in [0.1, 0.15) is 0 Å². The van der Waals surface area contributed by atoms with Crippen LogP contribution in [0.2, 0.25) is 0 Å². The lowest BCUT2D eigenvalue weighted by atomic mass is 10.1. The van der Waals surface area contributed by atoms with Crippen molar-refractivity contribution in [1.29, 1.82) is 0 Å². The molecule has 3 rings (SSSR count). The van der Waals surface area contributed by atoms with Crippen LogP contribution in [-0.4, -0.2) is 26.9 Å². The minimum Gasteiger partial charge on any atom is -0.332 e. The number of carbonyl (C=O) groups is 1. The zero-order valence-corrected chi connectivity index (χ0v) is 12.2. The number of hydrogen-bond donors (Lipinski definition) is 0. The van der Waals surface area contributed by atoms with Gasteiger partial charge >= 0.3 is 0 Å². The number of imidazole rings is 1. The Bertz CT molecular complexity index is 621. The molecule has 98 valence electrons. The van der Waals surface area contributed by atoms with Gasteiger partial charge in [0, 0.05) is 25.6 Å². The van der Waals surface area contributed by atoms with Crippen molar-refractivity contribution in [2.45, 2.75) is 13.0 Å². The van der Waals surface area contributed by atoms with Gasteiger partial charge in [-0.05, 0) is 28.1 Å². The Hall–Kier alpha value is -1.62. The summed E-state index contributed by atoms with van der Waals surface area (Å²) >= 11 is 3.43. The smallest absolute Gasteiger partial charge is 0.254 e.